The highest BCUT2D eigenvalue weighted by Gasteiger charge is 2.57. The Morgan fingerprint density at radius 1 is 1.40 bits per heavy atom. The smallest absolute Gasteiger partial charge is 0.0526 e. The highest BCUT2D eigenvalue weighted by Crippen LogP contribution is 2.58. The number of rotatable bonds is 1. The van der Waals surface area contributed by atoms with E-state index in [4.69, 9.17) is 5.73 Å². The van der Waals surface area contributed by atoms with Crippen molar-refractivity contribution in [2.75, 3.05) is 0 Å². The van der Waals surface area contributed by atoms with Gasteiger partial charge in [0.25, 0.3) is 0 Å². The molecule has 0 aromatic carbocycles. The Balaban J connectivity index is 2.36. The number of hydrogen-bond acceptors (Lipinski definition) is 2. The molecular formula is C12H21N3. The molecule has 3 nitrogen and oxygen atoms in total. The average molecular weight is 207 g/mol. The first kappa shape index (κ1) is 10.7. The Kier molecular flexibility index (Phi) is 2.03. The zero-order valence-corrected chi connectivity index (χ0v) is 10.3. The van der Waals surface area contributed by atoms with Gasteiger partial charge in [-0.05, 0) is 11.0 Å². The predicted molar refractivity (Wildman–Crippen MR) is 61.8 cm³/mol. The maximum absolute atomic E-state index is 6.11. The van der Waals surface area contributed by atoms with Gasteiger partial charge < -0.3 is 5.73 Å². The summed E-state index contributed by atoms with van der Waals surface area (Å²) in [7, 11) is 0. The van der Waals surface area contributed by atoms with Crippen LogP contribution >= 0.6 is 0 Å². The third-order valence-electron chi connectivity index (χ3n) is 3.66. The number of hydrogen-bond donors (Lipinski definition) is 2. The summed E-state index contributed by atoms with van der Waals surface area (Å²) in [6.45, 7) is 11.0. The van der Waals surface area contributed by atoms with E-state index in [1.807, 2.05) is 6.20 Å². The lowest BCUT2D eigenvalue weighted by atomic mass is 9.87. The quantitative estimate of drug-likeness (QED) is 0.741. The van der Waals surface area contributed by atoms with E-state index in [2.05, 4.69) is 44.8 Å². The fraction of sp³-hybridized carbons (Fsp3) is 0.750. The number of nitrogens with one attached hydrogen (secondary N) is 1. The minimum atomic E-state index is 0.115. The Labute approximate surface area is 91.4 Å². The number of nitrogens with two attached hydrogens (primary N) is 1. The summed E-state index contributed by atoms with van der Waals surface area (Å²) >= 11 is 0. The predicted octanol–water partition coefficient (Wildman–Crippen LogP) is 2.16. The van der Waals surface area contributed by atoms with Crippen molar-refractivity contribution in [3.63, 3.8) is 0 Å². The van der Waals surface area contributed by atoms with Crippen molar-refractivity contribution >= 4 is 0 Å². The van der Waals surface area contributed by atoms with E-state index in [1.165, 1.54) is 11.3 Å². The normalized spacial score (nSPS) is 29.2. The Hall–Kier alpha value is -0.830. The van der Waals surface area contributed by atoms with E-state index in [1.54, 1.807) is 0 Å². The molecule has 0 bridgehead atoms. The zero-order valence-electron chi connectivity index (χ0n) is 10.3. The first-order chi connectivity index (χ1) is 6.76. The second-order valence-electron chi connectivity index (χ2n) is 6.28. The molecule has 3 N–H and O–H groups in total. The molecule has 1 aliphatic rings. The molecule has 0 spiro atoms. The van der Waals surface area contributed by atoms with Crippen LogP contribution in [0, 0.1) is 5.41 Å². The highest BCUT2D eigenvalue weighted by molar-refractivity contribution is 5.38. The van der Waals surface area contributed by atoms with Crippen molar-refractivity contribution in [3.8, 4) is 0 Å². The van der Waals surface area contributed by atoms with Crippen LogP contribution in [-0.4, -0.2) is 16.2 Å². The standard InChI is InChI=1S/C12H21N3/c1-11(2,3)10-7(6-14-15-10)8-9(13)12(8,4)5/h6,8-9H,13H2,1-5H3,(H,14,15). The molecule has 0 amide bonds. The molecule has 0 saturated heterocycles. The summed E-state index contributed by atoms with van der Waals surface area (Å²) in [5.74, 6) is 0.463. The molecule has 0 aliphatic heterocycles. The summed E-state index contributed by atoms with van der Waals surface area (Å²) in [4.78, 5) is 0. The van der Waals surface area contributed by atoms with Crippen LogP contribution in [0.5, 0.6) is 0 Å². The number of aromatic nitrogens is 2. The second kappa shape index (κ2) is 2.85. The maximum atomic E-state index is 6.11. The summed E-state index contributed by atoms with van der Waals surface area (Å²) in [6, 6.07) is 0.274. The molecule has 2 atom stereocenters. The van der Waals surface area contributed by atoms with Gasteiger partial charge in [0, 0.05) is 23.1 Å². The second-order valence-corrected chi connectivity index (χ2v) is 6.28. The van der Waals surface area contributed by atoms with Crippen LogP contribution < -0.4 is 5.73 Å². The van der Waals surface area contributed by atoms with E-state index in [-0.39, 0.29) is 16.9 Å². The van der Waals surface area contributed by atoms with Crippen LogP contribution in [0.25, 0.3) is 0 Å². The Bertz CT molecular complexity index is 370. The molecule has 1 aliphatic carbocycles. The molecule has 15 heavy (non-hydrogen) atoms. The van der Waals surface area contributed by atoms with E-state index in [9.17, 15) is 0 Å². The van der Waals surface area contributed by atoms with E-state index in [0.717, 1.165) is 0 Å². The van der Waals surface area contributed by atoms with Gasteiger partial charge in [-0.3, -0.25) is 5.10 Å². The van der Waals surface area contributed by atoms with Crippen molar-refractivity contribution in [1.82, 2.24) is 10.2 Å². The van der Waals surface area contributed by atoms with Crippen molar-refractivity contribution in [3.05, 3.63) is 17.5 Å². The van der Waals surface area contributed by atoms with Gasteiger partial charge in [0.15, 0.2) is 0 Å². The molecule has 84 valence electrons. The molecule has 2 unspecified atom stereocenters. The first-order valence-corrected chi connectivity index (χ1v) is 5.55. The van der Waals surface area contributed by atoms with Crippen LogP contribution in [0.2, 0.25) is 0 Å². The van der Waals surface area contributed by atoms with Crippen LogP contribution in [0.1, 0.15) is 51.8 Å². The molecular weight excluding hydrogens is 186 g/mol. The van der Waals surface area contributed by atoms with Gasteiger partial charge in [-0.2, -0.15) is 5.10 Å². The van der Waals surface area contributed by atoms with Crippen LogP contribution in [0.15, 0.2) is 6.20 Å². The third kappa shape index (κ3) is 1.49. The van der Waals surface area contributed by atoms with Crippen molar-refractivity contribution in [2.24, 2.45) is 11.1 Å². The number of aromatic amines is 1. The van der Waals surface area contributed by atoms with E-state index >= 15 is 0 Å². The van der Waals surface area contributed by atoms with Gasteiger partial charge in [-0.1, -0.05) is 34.6 Å². The van der Waals surface area contributed by atoms with Crippen LogP contribution in [-0.2, 0) is 5.41 Å². The highest BCUT2D eigenvalue weighted by atomic mass is 15.1. The zero-order chi connectivity index (χ0) is 11.4. The number of nitrogens with zero attached hydrogens (tertiary/aromatic N) is 1. The largest absolute Gasteiger partial charge is 0.327 e. The molecule has 2 rings (SSSR count). The topological polar surface area (TPSA) is 54.7 Å². The van der Waals surface area contributed by atoms with Gasteiger partial charge in [0.05, 0.1) is 6.20 Å². The lowest BCUT2D eigenvalue weighted by Crippen LogP contribution is -2.15. The fourth-order valence-electron chi connectivity index (χ4n) is 2.40. The summed E-state index contributed by atoms with van der Waals surface area (Å²) in [5.41, 5.74) is 8.98. The van der Waals surface area contributed by atoms with Gasteiger partial charge in [-0.15, -0.1) is 0 Å². The molecule has 3 heteroatoms. The summed E-state index contributed by atoms with van der Waals surface area (Å²) in [5, 5.41) is 7.29. The minimum absolute atomic E-state index is 0.115. The van der Waals surface area contributed by atoms with Crippen LogP contribution in [0.4, 0.5) is 0 Å². The fourth-order valence-corrected chi connectivity index (χ4v) is 2.40. The lowest BCUT2D eigenvalue weighted by molar-refractivity contribution is 0.550. The van der Waals surface area contributed by atoms with Gasteiger partial charge in [-0.25, -0.2) is 0 Å². The van der Waals surface area contributed by atoms with Crippen molar-refractivity contribution in [2.45, 2.75) is 52.0 Å². The van der Waals surface area contributed by atoms with Gasteiger partial charge in [0.2, 0.25) is 0 Å². The summed E-state index contributed by atoms with van der Waals surface area (Å²) in [6.07, 6.45) is 1.94. The monoisotopic (exact) mass is 207 g/mol. The molecule has 1 aromatic rings. The van der Waals surface area contributed by atoms with Gasteiger partial charge in [0.1, 0.15) is 0 Å². The van der Waals surface area contributed by atoms with E-state index < -0.39 is 0 Å². The summed E-state index contributed by atoms with van der Waals surface area (Å²) < 4.78 is 0. The molecule has 1 fully saturated rings. The Morgan fingerprint density at radius 3 is 2.33 bits per heavy atom. The Morgan fingerprint density at radius 2 is 1.93 bits per heavy atom. The van der Waals surface area contributed by atoms with Crippen molar-refractivity contribution in [1.29, 1.82) is 0 Å². The van der Waals surface area contributed by atoms with Gasteiger partial charge >= 0.3 is 0 Å². The molecule has 1 aromatic heterocycles. The maximum Gasteiger partial charge on any atom is 0.0526 e. The third-order valence-corrected chi connectivity index (χ3v) is 3.66. The molecule has 1 heterocycles. The minimum Gasteiger partial charge on any atom is -0.327 e. The first-order valence-electron chi connectivity index (χ1n) is 5.55. The molecule has 1 saturated carbocycles. The van der Waals surface area contributed by atoms with Crippen LogP contribution in [0.3, 0.4) is 0 Å². The van der Waals surface area contributed by atoms with Crippen molar-refractivity contribution < 1.29 is 0 Å². The number of H-pyrrole nitrogens is 1. The van der Waals surface area contributed by atoms with E-state index in [0.29, 0.717) is 5.92 Å². The lowest BCUT2D eigenvalue weighted by Gasteiger charge is -2.18. The average Bonchev–Trinajstić information content (AvgIpc) is 2.53. The SMILES string of the molecule is CC(C)(C)c1[nH]ncc1C1C(N)C1(C)C. The molecule has 0 radical (unpaired) electrons.